The molecule has 8 rings (SSSR count). The summed E-state index contributed by atoms with van der Waals surface area (Å²) in [5.41, 5.74) is 5.40. The molecule has 2 aliphatic heterocycles. The third-order valence-electron chi connectivity index (χ3n) is 9.60. The number of aryl methyl sites for hydroxylation is 1. The fourth-order valence-corrected chi connectivity index (χ4v) is 7.80. The van der Waals surface area contributed by atoms with Gasteiger partial charge in [0.25, 0.3) is 0 Å². The Kier molecular flexibility index (Phi) is 7.00. The largest absolute Gasteiger partial charge is 0.481 e. The lowest BCUT2D eigenvalue weighted by Crippen LogP contribution is -2.69. The minimum absolute atomic E-state index is 0.0572. The Bertz CT molecular complexity index is 1890. The molecule has 45 heavy (non-hydrogen) atoms. The molecule has 1 amide bonds. The van der Waals surface area contributed by atoms with Crippen molar-refractivity contribution < 1.29 is 9.53 Å². The van der Waals surface area contributed by atoms with Gasteiger partial charge in [0, 0.05) is 77.2 Å². The number of pyridine rings is 2. The molecule has 4 aromatic heterocycles. The summed E-state index contributed by atoms with van der Waals surface area (Å²) < 4.78 is 8.65. The number of aliphatic imine (C=N–C) groups is 1. The number of carbonyl (C=O) groups is 1. The van der Waals surface area contributed by atoms with Crippen LogP contribution in [0.2, 0.25) is 0 Å². The number of piperidine rings is 2. The maximum absolute atomic E-state index is 13.2. The van der Waals surface area contributed by atoms with E-state index >= 15 is 0 Å². The predicted molar refractivity (Wildman–Crippen MR) is 171 cm³/mol. The van der Waals surface area contributed by atoms with Crippen molar-refractivity contribution in [3.8, 4) is 28.3 Å². The summed E-state index contributed by atoms with van der Waals surface area (Å²) in [5.74, 6) is 1.85. The Labute approximate surface area is 261 Å². The van der Waals surface area contributed by atoms with Gasteiger partial charge in [0.2, 0.25) is 11.8 Å². The van der Waals surface area contributed by atoms with Crippen LogP contribution in [0.25, 0.3) is 27.8 Å². The summed E-state index contributed by atoms with van der Waals surface area (Å²) in [7, 11) is 3.41. The summed E-state index contributed by atoms with van der Waals surface area (Å²) in [4.78, 5) is 24.5. The van der Waals surface area contributed by atoms with Crippen LogP contribution in [0.1, 0.15) is 44.6 Å². The molecule has 4 fully saturated rings. The molecular formula is C34H35N9O2. The van der Waals surface area contributed by atoms with Crippen molar-refractivity contribution in [1.29, 1.82) is 5.26 Å². The van der Waals surface area contributed by atoms with Crippen molar-refractivity contribution in [3.05, 3.63) is 78.4 Å². The third-order valence-corrected chi connectivity index (χ3v) is 9.60. The molecule has 228 valence electrons. The first-order chi connectivity index (χ1) is 21.8. The molecule has 0 spiro atoms. The smallest absolute Gasteiger partial charge is 0.247 e. The van der Waals surface area contributed by atoms with Crippen molar-refractivity contribution in [2.24, 2.45) is 18.0 Å². The van der Waals surface area contributed by atoms with Gasteiger partial charge in [-0.3, -0.25) is 9.48 Å². The van der Waals surface area contributed by atoms with Crippen LogP contribution < -0.4 is 10.2 Å². The van der Waals surface area contributed by atoms with Crippen molar-refractivity contribution in [2.75, 3.05) is 12.0 Å². The number of fused-ring (bicyclic) bond motifs is 1. The number of anilines is 1. The molecule has 2 saturated heterocycles. The molecule has 2 unspecified atom stereocenters. The van der Waals surface area contributed by atoms with Crippen molar-refractivity contribution in [1.82, 2.24) is 29.7 Å². The normalized spacial score (nSPS) is 24.1. The number of carbonyl (C=O) groups excluding carboxylic acids is 1. The van der Waals surface area contributed by atoms with E-state index in [-0.39, 0.29) is 11.4 Å². The Morgan fingerprint density at radius 1 is 1.11 bits per heavy atom. The maximum Gasteiger partial charge on any atom is 0.247 e. The van der Waals surface area contributed by atoms with E-state index in [4.69, 9.17) is 9.72 Å². The zero-order valence-electron chi connectivity index (χ0n) is 25.6. The monoisotopic (exact) mass is 601 g/mol. The molecule has 2 aliphatic carbocycles. The van der Waals surface area contributed by atoms with E-state index in [0.717, 1.165) is 65.7 Å². The van der Waals surface area contributed by atoms with Gasteiger partial charge in [-0.25, -0.2) is 14.5 Å². The number of amides is 1. The van der Waals surface area contributed by atoms with E-state index in [1.807, 2.05) is 38.8 Å². The Morgan fingerprint density at radius 2 is 1.91 bits per heavy atom. The van der Waals surface area contributed by atoms with E-state index in [1.54, 1.807) is 27.5 Å². The van der Waals surface area contributed by atoms with Gasteiger partial charge in [-0.05, 0) is 75.9 Å². The number of allylic oxidation sites excluding steroid dienone is 2. The Morgan fingerprint density at radius 3 is 2.56 bits per heavy atom. The number of aromatic nitrogens is 5. The van der Waals surface area contributed by atoms with Crippen LogP contribution in [0.4, 0.5) is 5.82 Å². The Balaban J connectivity index is 1.15. The summed E-state index contributed by atoms with van der Waals surface area (Å²) >= 11 is 0. The molecule has 4 aliphatic rings. The highest BCUT2D eigenvalue weighted by molar-refractivity contribution is 5.93. The SMILES string of the molecule is C=N/C(=C\C=C(/C)C(=O)NC12CC3CC(C1)N(c1ccc(-c4cc(-c5cnn(C)c5)cn5ncc(C#N)c45)cn1)C(C3)C2)OC. The standard InChI is InChI=1S/C34H35N9O2/c1-21(5-8-31(36-2)45-4)33(44)40-34-12-22-9-27(13-34)43(28(10-22)14-34)30-7-6-23(16-37-30)29-11-24(26-18-38-41(3)19-26)20-42-32(29)25(15-35)17-39-42/h5-8,11,16-20,22,27-28H,2,9-10,12-14H2,1,3-4H3,(H,40,44)/b21-5+,31-8+. The average molecular weight is 602 g/mol. The van der Waals surface area contributed by atoms with Crippen LogP contribution in [-0.4, -0.2) is 61.7 Å². The van der Waals surface area contributed by atoms with Gasteiger partial charge in [0.05, 0.1) is 30.6 Å². The zero-order valence-corrected chi connectivity index (χ0v) is 25.6. The molecular weight excluding hydrogens is 566 g/mol. The minimum Gasteiger partial charge on any atom is -0.481 e. The number of hydrogen-bond donors (Lipinski definition) is 1. The number of hydrogen-bond acceptors (Lipinski definition) is 8. The van der Waals surface area contributed by atoms with E-state index in [2.05, 4.69) is 56.4 Å². The summed E-state index contributed by atoms with van der Waals surface area (Å²) in [6.07, 6.45) is 17.6. The second-order valence-corrected chi connectivity index (χ2v) is 12.5. The summed E-state index contributed by atoms with van der Waals surface area (Å²) in [6.45, 7) is 5.30. The first kappa shape index (κ1) is 28.5. The highest BCUT2D eigenvalue weighted by Crippen LogP contribution is 2.52. The molecule has 6 heterocycles. The molecule has 4 bridgehead atoms. The van der Waals surface area contributed by atoms with Gasteiger partial charge in [-0.1, -0.05) is 0 Å². The van der Waals surface area contributed by atoms with Crippen LogP contribution in [0.15, 0.2) is 77.8 Å². The summed E-state index contributed by atoms with van der Waals surface area (Å²) in [5, 5.41) is 22.0. The molecule has 11 heteroatoms. The number of ether oxygens (including phenoxy) is 1. The predicted octanol–water partition coefficient (Wildman–Crippen LogP) is 4.81. The first-order valence-corrected chi connectivity index (χ1v) is 15.2. The fraction of sp³-hybridized carbons (Fsp3) is 0.353. The number of nitriles is 1. The number of nitrogens with zero attached hydrogens (tertiary/aromatic N) is 8. The molecule has 0 aromatic carbocycles. The van der Waals surface area contributed by atoms with E-state index in [9.17, 15) is 10.1 Å². The van der Waals surface area contributed by atoms with Gasteiger partial charge < -0.3 is 15.0 Å². The van der Waals surface area contributed by atoms with Crippen molar-refractivity contribution in [2.45, 2.75) is 56.7 Å². The van der Waals surface area contributed by atoms with Crippen molar-refractivity contribution in [3.63, 3.8) is 0 Å². The number of rotatable bonds is 8. The highest BCUT2D eigenvalue weighted by Gasteiger charge is 2.55. The molecule has 2 saturated carbocycles. The third kappa shape index (κ3) is 5.06. The lowest BCUT2D eigenvalue weighted by molar-refractivity contribution is -0.121. The van der Waals surface area contributed by atoms with Crippen LogP contribution >= 0.6 is 0 Å². The molecule has 1 N–H and O–H groups in total. The van der Waals surface area contributed by atoms with Crippen LogP contribution in [0.3, 0.4) is 0 Å². The van der Waals surface area contributed by atoms with Crippen LogP contribution in [-0.2, 0) is 16.6 Å². The van der Waals surface area contributed by atoms with E-state index in [0.29, 0.717) is 35.0 Å². The van der Waals surface area contributed by atoms with Gasteiger partial charge in [0.1, 0.15) is 11.9 Å². The van der Waals surface area contributed by atoms with Gasteiger partial charge in [-0.2, -0.15) is 15.5 Å². The topological polar surface area (TPSA) is 126 Å². The second-order valence-electron chi connectivity index (χ2n) is 12.5. The second kappa shape index (κ2) is 11.0. The number of nitrogens with one attached hydrogen (secondary N) is 1. The molecule has 2 atom stereocenters. The van der Waals surface area contributed by atoms with Crippen molar-refractivity contribution >= 4 is 24.0 Å². The highest BCUT2D eigenvalue weighted by atomic mass is 16.5. The minimum atomic E-state index is -0.211. The first-order valence-electron chi connectivity index (χ1n) is 15.2. The van der Waals surface area contributed by atoms with E-state index in [1.165, 1.54) is 7.11 Å². The lowest BCUT2D eigenvalue weighted by atomic mass is 9.59. The quantitative estimate of drug-likeness (QED) is 0.133. The van der Waals surface area contributed by atoms with E-state index < -0.39 is 0 Å². The zero-order chi connectivity index (χ0) is 31.3. The average Bonchev–Trinajstić information content (AvgIpc) is 3.66. The Hall–Kier alpha value is -5.24. The fourth-order valence-electron chi connectivity index (χ4n) is 7.80. The summed E-state index contributed by atoms with van der Waals surface area (Å²) in [6, 6.07) is 9.18. The van der Waals surface area contributed by atoms with Gasteiger partial charge in [0.15, 0.2) is 0 Å². The lowest BCUT2D eigenvalue weighted by Gasteiger charge is -2.62. The maximum atomic E-state index is 13.2. The number of methoxy groups -OCH3 is 1. The van der Waals surface area contributed by atoms with Crippen LogP contribution in [0, 0.1) is 17.2 Å². The molecule has 4 aromatic rings. The van der Waals surface area contributed by atoms with Gasteiger partial charge >= 0.3 is 0 Å². The molecule has 11 nitrogen and oxygen atoms in total. The molecule has 0 radical (unpaired) electrons. The van der Waals surface area contributed by atoms with Crippen LogP contribution in [0.5, 0.6) is 0 Å². The van der Waals surface area contributed by atoms with Gasteiger partial charge in [-0.15, -0.1) is 0 Å².